The fraction of sp³-hybridized carbons (Fsp3) is 0.355. The lowest BCUT2D eigenvalue weighted by molar-refractivity contribution is 0.0948. The van der Waals surface area contributed by atoms with Crippen LogP contribution in [0.5, 0.6) is 5.75 Å². The van der Waals surface area contributed by atoms with Crippen molar-refractivity contribution in [2.45, 2.75) is 16.0 Å². The van der Waals surface area contributed by atoms with E-state index in [-0.39, 0.29) is 33.6 Å². The Hall–Kier alpha value is -3.31. The van der Waals surface area contributed by atoms with Crippen LogP contribution in [0.2, 0.25) is 0 Å². The van der Waals surface area contributed by atoms with Crippen LogP contribution < -0.4 is 14.8 Å². The van der Waals surface area contributed by atoms with Crippen molar-refractivity contribution in [3.05, 3.63) is 84.2 Å². The molecule has 2 aromatic heterocycles. The number of rotatable bonds is 15. The largest absolute Gasteiger partial charge is 0.491 e. The van der Waals surface area contributed by atoms with E-state index in [0.29, 0.717) is 50.8 Å². The molecule has 1 unspecified atom stereocenters. The quantitative estimate of drug-likeness (QED) is 0.124. The molecular weight excluding hydrogens is 651 g/mol. The monoisotopic (exact) mass is 691 g/mol. The van der Waals surface area contributed by atoms with Crippen LogP contribution in [-0.2, 0) is 20.3 Å². The molecule has 46 heavy (non-hydrogen) atoms. The Bertz CT molecular complexity index is 1610. The van der Waals surface area contributed by atoms with Gasteiger partial charge in [-0.15, -0.1) is 0 Å². The Balaban J connectivity index is 0.00000288. The number of nitrogens with one attached hydrogen (secondary N) is 3. The van der Waals surface area contributed by atoms with Gasteiger partial charge in [-0.05, 0) is 29.8 Å². The molecule has 5 rings (SSSR count). The zero-order valence-corrected chi connectivity index (χ0v) is 28.0. The third-order valence-corrected chi connectivity index (χ3v) is 10.8. The number of methoxy groups -OCH3 is 1. The molecule has 0 saturated carbocycles. The Morgan fingerprint density at radius 1 is 1.04 bits per heavy atom. The highest BCUT2D eigenvalue weighted by molar-refractivity contribution is 8.00. The Labute approximate surface area is 277 Å². The van der Waals surface area contributed by atoms with Gasteiger partial charge in [0.25, 0.3) is 5.91 Å². The number of fused-ring (bicyclic) bond motifs is 1. The minimum Gasteiger partial charge on any atom is -0.491 e. The maximum atomic E-state index is 13.4. The van der Waals surface area contributed by atoms with Crippen molar-refractivity contribution in [1.82, 2.24) is 20.2 Å². The molecule has 250 valence electrons. The molecule has 1 fully saturated rings. The third kappa shape index (κ3) is 10.9. The van der Waals surface area contributed by atoms with Crippen molar-refractivity contribution in [3.8, 4) is 5.75 Å². The van der Waals surface area contributed by atoms with E-state index in [9.17, 15) is 13.2 Å². The molecule has 0 radical (unpaired) electrons. The lowest BCUT2D eigenvalue weighted by Gasteiger charge is -2.30. The summed E-state index contributed by atoms with van der Waals surface area (Å²) in [5.41, 5.74) is 3.19. The minimum absolute atomic E-state index is 0. The first-order valence-electron chi connectivity index (χ1n) is 14.4. The molecule has 1 aliphatic heterocycles. The van der Waals surface area contributed by atoms with Crippen molar-refractivity contribution >= 4 is 56.0 Å². The fourth-order valence-electron chi connectivity index (χ4n) is 4.75. The van der Waals surface area contributed by atoms with Crippen LogP contribution in [0, 0.1) is 0 Å². The second kappa shape index (κ2) is 18.1. The van der Waals surface area contributed by atoms with Crippen LogP contribution in [0.25, 0.3) is 10.9 Å². The van der Waals surface area contributed by atoms with E-state index in [2.05, 4.69) is 37.0 Å². The number of thioether (sulfide) groups is 1. The number of pyridine rings is 1. The third-order valence-electron chi connectivity index (χ3n) is 7.12. The molecule has 2 aromatic carbocycles. The molecule has 0 aliphatic carbocycles. The van der Waals surface area contributed by atoms with Gasteiger partial charge in [0, 0.05) is 73.9 Å². The smallest absolute Gasteiger partial charge is 0.267 e. The van der Waals surface area contributed by atoms with Gasteiger partial charge in [-0.1, -0.05) is 36.4 Å². The molecule has 0 bridgehead atoms. The number of sulfone groups is 1. The lowest BCUT2D eigenvalue weighted by atomic mass is 10.2. The lowest BCUT2D eigenvalue weighted by Crippen LogP contribution is -2.45. The summed E-state index contributed by atoms with van der Waals surface area (Å²) in [6, 6.07) is 21.5. The summed E-state index contributed by atoms with van der Waals surface area (Å²) >= 11 is 3.14. The van der Waals surface area contributed by atoms with Crippen molar-refractivity contribution in [2.24, 2.45) is 0 Å². The van der Waals surface area contributed by atoms with E-state index in [1.54, 1.807) is 25.1 Å². The number of ether oxygens (including phenoxy) is 2. The number of nitrogens with zero attached hydrogens (tertiary/aromatic N) is 2. The van der Waals surface area contributed by atoms with E-state index < -0.39 is 9.84 Å². The van der Waals surface area contributed by atoms with Gasteiger partial charge in [0.1, 0.15) is 23.1 Å². The number of benzene rings is 2. The standard InChI is InChI=1S/C31H37N5O5S3.2H2O/c1-40-13-14-41-25-17-24-18-28(34-30(24)27(19-25)35-43-29-9-5-6-10-32-29)31(37)33-20-26(42-22-23-7-3-2-4-8-23)21-36-11-15-44(38,39)16-12-36;;/h2-10,17-19,26,34-35H,11-16,20-22H2,1H3,(H,33,37);2*1H2. The topological polar surface area (TPSA) is 189 Å². The van der Waals surface area contributed by atoms with E-state index in [1.165, 1.54) is 17.5 Å². The molecular formula is C31H41N5O7S3. The van der Waals surface area contributed by atoms with Crippen LogP contribution in [0.15, 0.2) is 78.0 Å². The Kier molecular flexibility index (Phi) is 14.6. The van der Waals surface area contributed by atoms with E-state index >= 15 is 0 Å². The van der Waals surface area contributed by atoms with E-state index in [0.717, 1.165) is 27.4 Å². The first-order valence-corrected chi connectivity index (χ1v) is 18.1. The van der Waals surface area contributed by atoms with Crippen molar-refractivity contribution in [1.29, 1.82) is 0 Å². The van der Waals surface area contributed by atoms with E-state index in [1.807, 2.05) is 54.6 Å². The Morgan fingerprint density at radius 3 is 2.52 bits per heavy atom. The van der Waals surface area contributed by atoms with Crippen LogP contribution in [0.3, 0.4) is 0 Å². The molecule has 1 aliphatic rings. The number of H-pyrrole nitrogens is 1. The summed E-state index contributed by atoms with van der Waals surface area (Å²) in [7, 11) is -1.34. The fourth-order valence-corrected chi connectivity index (χ4v) is 7.80. The van der Waals surface area contributed by atoms with Crippen molar-refractivity contribution in [3.63, 3.8) is 0 Å². The first-order chi connectivity index (χ1) is 21.4. The van der Waals surface area contributed by atoms with Gasteiger partial charge in [0.05, 0.1) is 29.3 Å². The highest BCUT2D eigenvalue weighted by Crippen LogP contribution is 2.32. The second-order valence-corrected chi connectivity index (χ2v) is 14.8. The molecule has 4 aromatic rings. The summed E-state index contributed by atoms with van der Waals surface area (Å²) in [6.45, 7) is 3.03. The molecule has 1 amide bonds. The van der Waals surface area contributed by atoms with Crippen LogP contribution in [-0.4, -0.2) is 103 Å². The number of carbonyl (C=O) groups excluding carboxylic acids is 1. The molecule has 1 atom stereocenters. The zero-order chi connectivity index (χ0) is 30.8. The highest BCUT2D eigenvalue weighted by atomic mass is 32.2. The number of hydrogen-bond donors (Lipinski definition) is 3. The number of amides is 1. The van der Waals surface area contributed by atoms with Gasteiger partial charge in [-0.2, -0.15) is 11.8 Å². The number of aromatic amines is 1. The summed E-state index contributed by atoms with van der Waals surface area (Å²) in [4.78, 5) is 23.3. The maximum Gasteiger partial charge on any atom is 0.267 e. The van der Waals surface area contributed by atoms with Crippen molar-refractivity contribution in [2.75, 3.05) is 62.7 Å². The van der Waals surface area contributed by atoms with Crippen LogP contribution in [0.1, 0.15) is 16.1 Å². The van der Waals surface area contributed by atoms with Crippen LogP contribution >= 0.6 is 23.7 Å². The number of carbonyl (C=O) groups is 1. The predicted octanol–water partition coefficient (Wildman–Crippen LogP) is 2.82. The summed E-state index contributed by atoms with van der Waals surface area (Å²) in [6.07, 6.45) is 1.74. The number of hydrogen-bond acceptors (Lipinski definition) is 10. The number of aromatic nitrogens is 2. The zero-order valence-electron chi connectivity index (χ0n) is 25.5. The molecule has 7 N–H and O–H groups in total. The van der Waals surface area contributed by atoms with Gasteiger partial charge in [0.15, 0.2) is 9.84 Å². The molecule has 0 spiro atoms. The molecule has 1 saturated heterocycles. The highest BCUT2D eigenvalue weighted by Gasteiger charge is 2.25. The first kappa shape index (κ1) is 37.2. The SMILES string of the molecule is COCCOc1cc(NSc2ccccn2)c2[nH]c(C(=O)NCC(CN3CCS(=O)(=O)CC3)SCc3ccccc3)cc2c1.O.O. The average molecular weight is 692 g/mol. The Morgan fingerprint density at radius 2 is 1.80 bits per heavy atom. The van der Waals surface area contributed by atoms with Gasteiger partial charge in [0.2, 0.25) is 0 Å². The maximum absolute atomic E-state index is 13.4. The second-order valence-electron chi connectivity index (χ2n) is 10.4. The molecule has 15 heteroatoms. The summed E-state index contributed by atoms with van der Waals surface area (Å²) in [5.74, 6) is 1.60. The van der Waals surface area contributed by atoms with Gasteiger partial charge in [-0.25, -0.2) is 13.4 Å². The summed E-state index contributed by atoms with van der Waals surface area (Å²) < 4.78 is 38.3. The predicted molar refractivity (Wildman–Crippen MR) is 186 cm³/mol. The number of anilines is 1. The minimum atomic E-state index is -2.96. The molecule has 12 nitrogen and oxygen atoms in total. The van der Waals surface area contributed by atoms with Crippen molar-refractivity contribution < 1.29 is 33.6 Å². The van der Waals surface area contributed by atoms with Gasteiger partial charge in [-0.3, -0.25) is 4.79 Å². The normalized spacial score (nSPS) is 14.9. The van der Waals surface area contributed by atoms with Crippen LogP contribution in [0.4, 0.5) is 5.69 Å². The van der Waals surface area contributed by atoms with E-state index in [4.69, 9.17) is 9.47 Å². The summed E-state index contributed by atoms with van der Waals surface area (Å²) in [5, 5.41) is 4.84. The average Bonchev–Trinajstić information content (AvgIpc) is 3.48. The van der Waals surface area contributed by atoms with Gasteiger partial charge < -0.3 is 40.3 Å². The van der Waals surface area contributed by atoms with Gasteiger partial charge >= 0.3 is 0 Å². The molecule has 3 heterocycles.